The lowest BCUT2D eigenvalue weighted by molar-refractivity contribution is 0.198. The molecule has 1 fully saturated rings. The summed E-state index contributed by atoms with van der Waals surface area (Å²) in [5.41, 5.74) is 0.911. The normalized spacial score (nSPS) is 13.9. The molecule has 2 rings (SSSR count). The Morgan fingerprint density at radius 3 is 2.90 bits per heavy atom. The van der Waals surface area contributed by atoms with Crippen LogP contribution in [0.25, 0.3) is 0 Å². The fraction of sp³-hybridized carbons (Fsp3) is 0.533. The molecular weight excluding hydrogens is 256 g/mol. The Balaban J connectivity index is 1.84. The van der Waals surface area contributed by atoms with Crippen molar-refractivity contribution in [1.82, 2.24) is 10.2 Å². The number of aliphatic hydroxyl groups is 1. The number of urea groups is 1. The van der Waals surface area contributed by atoms with Crippen LogP contribution in [-0.2, 0) is 6.54 Å². The van der Waals surface area contributed by atoms with Crippen LogP contribution < -0.4 is 10.1 Å². The van der Waals surface area contributed by atoms with Crippen molar-refractivity contribution >= 4 is 6.03 Å². The number of hydrogen-bond acceptors (Lipinski definition) is 3. The molecule has 1 aromatic rings. The van der Waals surface area contributed by atoms with Crippen LogP contribution in [0.2, 0.25) is 0 Å². The Bertz CT molecular complexity index is 446. The minimum atomic E-state index is -0.0612. The van der Waals surface area contributed by atoms with Gasteiger partial charge >= 0.3 is 6.03 Å². The molecule has 0 saturated heterocycles. The predicted octanol–water partition coefficient (Wildman–Crippen LogP) is 1.61. The summed E-state index contributed by atoms with van der Waals surface area (Å²) in [6.45, 7) is 1.49. The van der Waals surface area contributed by atoms with Gasteiger partial charge in [-0.05, 0) is 24.8 Å². The third-order valence-electron chi connectivity index (χ3n) is 3.33. The maximum Gasteiger partial charge on any atom is 0.317 e. The van der Waals surface area contributed by atoms with Gasteiger partial charge in [-0.2, -0.15) is 0 Å². The molecule has 5 heteroatoms. The molecule has 1 aromatic carbocycles. The summed E-state index contributed by atoms with van der Waals surface area (Å²) in [6, 6.07) is 7.46. The van der Waals surface area contributed by atoms with Crippen molar-refractivity contribution < 1.29 is 14.6 Å². The fourth-order valence-corrected chi connectivity index (χ4v) is 2.02. The summed E-state index contributed by atoms with van der Waals surface area (Å²) in [7, 11) is 1.82. The molecule has 0 spiro atoms. The SMILES string of the molecule is CN(CC1CC1)C(=O)NCc1ccccc1OCCO. The molecular formula is C15H22N2O3. The van der Waals surface area contributed by atoms with Gasteiger partial charge in [0, 0.05) is 25.7 Å². The van der Waals surface area contributed by atoms with Crippen molar-refractivity contribution in [2.24, 2.45) is 5.92 Å². The van der Waals surface area contributed by atoms with Gasteiger partial charge in [-0.25, -0.2) is 4.79 Å². The van der Waals surface area contributed by atoms with E-state index in [0.29, 0.717) is 18.2 Å². The van der Waals surface area contributed by atoms with E-state index in [9.17, 15) is 4.79 Å². The number of nitrogens with one attached hydrogen (secondary N) is 1. The van der Waals surface area contributed by atoms with Gasteiger partial charge < -0.3 is 20.1 Å². The molecule has 1 saturated carbocycles. The molecule has 2 N–H and O–H groups in total. The number of aliphatic hydroxyl groups excluding tert-OH is 1. The molecule has 0 atom stereocenters. The first-order chi connectivity index (χ1) is 9.70. The predicted molar refractivity (Wildman–Crippen MR) is 76.6 cm³/mol. The zero-order chi connectivity index (χ0) is 14.4. The van der Waals surface area contributed by atoms with E-state index in [1.54, 1.807) is 4.90 Å². The van der Waals surface area contributed by atoms with E-state index < -0.39 is 0 Å². The Kier molecular flexibility index (Phi) is 5.24. The topological polar surface area (TPSA) is 61.8 Å². The quantitative estimate of drug-likeness (QED) is 0.796. The standard InChI is InChI=1S/C15H22N2O3/c1-17(11-12-6-7-12)15(19)16-10-13-4-2-3-5-14(13)20-9-8-18/h2-5,12,18H,6-11H2,1H3,(H,16,19). The molecule has 5 nitrogen and oxygen atoms in total. The van der Waals surface area contributed by atoms with E-state index in [1.165, 1.54) is 12.8 Å². The average molecular weight is 278 g/mol. The number of para-hydroxylation sites is 1. The molecule has 1 aliphatic carbocycles. The maximum atomic E-state index is 11.9. The van der Waals surface area contributed by atoms with Crippen LogP contribution in [0.3, 0.4) is 0 Å². The molecule has 0 radical (unpaired) electrons. The number of hydrogen-bond donors (Lipinski definition) is 2. The second-order valence-electron chi connectivity index (χ2n) is 5.16. The first-order valence-corrected chi connectivity index (χ1v) is 7.01. The van der Waals surface area contributed by atoms with E-state index >= 15 is 0 Å². The Morgan fingerprint density at radius 2 is 2.20 bits per heavy atom. The maximum absolute atomic E-state index is 11.9. The second-order valence-corrected chi connectivity index (χ2v) is 5.16. The highest BCUT2D eigenvalue weighted by molar-refractivity contribution is 5.73. The average Bonchev–Trinajstić information content (AvgIpc) is 3.27. The minimum Gasteiger partial charge on any atom is -0.491 e. The van der Waals surface area contributed by atoms with Gasteiger partial charge in [0.25, 0.3) is 0 Å². The van der Waals surface area contributed by atoms with Crippen LogP contribution in [0.1, 0.15) is 18.4 Å². The lowest BCUT2D eigenvalue weighted by Crippen LogP contribution is -2.38. The molecule has 0 bridgehead atoms. The van der Waals surface area contributed by atoms with E-state index in [4.69, 9.17) is 9.84 Å². The lowest BCUT2D eigenvalue weighted by Gasteiger charge is -2.18. The summed E-state index contributed by atoms with van der Waals surface area (Å²) >= 11 is 0. The van der Waals surface area contributed by atoms with E-state index in [2.05, 4.69) is 5.32 Å². The summed E-state index contributed by atoms with van der Waals surface area (Å²) in [5, 5.41) is 11.7. The molecule has 0 aliphatic heterocycles. The number of benzene rings is 1. The van der Waals surface area contributed by atoms with Crippen molar-refractivity contribution in [3.63, 3.8) is 0 Å². The van der Waals surface area contributed by atoms with Crippen molar-refractivity contribution in [3.8, 4) is 5.75 Å². The highest BCUT2D eigenvalue weighted by atomic mass is 16.5. The summed E-state index contributed by atoms with van der Waals surface area (Å²) < 4.78 is 5.44. The monoisotopic (exact) mass is 278 g/mol. The van der Waals surface area contributed by atoms with Gasteiger partial charge in [-0.15, -0.1) is 0 Å². The van der Waals surface area contributed by atoms with Crippen LogP contribution in [0, 0.1) is 5.92 Å². The van der Waals surface area contributed by atoms with E-state index in [-0.39, 0.29) is 19.2 Å². The third kappa shape index (κ3) is 4.42. The Labute approximate surface area is 119 Å². The van der Waals surface area contributed by atoms with Gasteiger partial charge in [-0.3, -0.25) is 0 Å². The number of amides is 2. The molecule has 1 aliphatic rings. The number of ether oxygens (including phenoxy) is 1. The lowest BCUT2D eigenvalue weighted by atomic mass is 10.2. The van der Waals surface area contributed by atoms with Crippen LogP contribution in [0.5, 0.6) is 5.75 Å². The van der Waals surface area contributed by atoms with E-state index in [1.807, 2.05) is 31.3 Å². The number of carbonyl (C=O) groups is 1. The number of nitrogens with zero attached hydrogens (tertiary/aromatic N) is 1. The molecule has 0 unspecified atom stereocenters. The molecule has 0 heterocycles. The van der Waals surface area contributed by atoms with Gasteiger partial charge in [-0.1, -0.05) is 18.2 Å². The van der Waals surface area contributed by atoms with E-state index in [0.717, 1.165) is 12.1 Å². The highest BCUT2D eigenvalue weighted by Crippen LogP contribution is 2.29. The van der Waals surface area contributed by atoms with Crippen molar-refractivity contribution in [2.75, 3.05) is 26.8 Å². The van der Waals surface area contributed by atoms with Gasteiger partial charge in [0.2, 0.25) is 0 Å². The molecule has 20 heavy (non-hydrogen) atoms. The van der Waals surface area contributed by atoms with Crippen LogP contribution in [-0.4, -0.2) is 42.8 Å². The molecule has 2 amide bonds. The third-order valence-corrected chi connectivity index (χ3v) is 3.33. The molecule has 0 aromatic heterocycles. The summed E-state index contributed by atoms with van der Waals surface area (Å²) in [6.07, 6.45) is 2.46. The largest absolute Gasteiger partial charge is 0.491 e. The second kappa shape index (κ2) is 7.14. The van der Waals surface area contributed by atoms with Crippen molar-refractivity contribution in [3.05, 3.63) is 29.8 Å². The Morgan fingerprint density at radius 1 is 1.45 bits per heavy atom. The molecule has 110 valence electrons. The van der Waals surface area contributed by atoms with Crippen LogP contribution in [0.15, 0.2) is 24.3 Å². The number of rotatable bonds is 7. The van der Waals surface area contributed by atoms with Gasteiger partial charge in [0.1, 0.15) is 12.4 Å². The van der Waals surface area contributed by atoms with Gasteiger partial charge in [0.15, 0.2) is 0 Å². The first-order valence-electron chi connectivity index (χ1n) is 7.01. The summed E-state index contributed by atoms with van der Waals surface area (Å²) in [5.74, 6) is 1.39. The minimum absolute atomic E-state index is 0.0230. The first kappa shape index (κ1) is 14.7. The van der Waals surface area contributed by atoms with Gasteiger partial charge in [0.05, 0.1) is 6.61 Å². The zero-order valence-electron chi connectivity index (χ0n) is 11.8. The number of carbonyl (C=O) groups excluding carboxylic acids is 1. The zero-order valence-corrected chi connectivity index (χ0v) is 11.8. The highest BCUT2D eigenvalue weighted by Gasteiger charge is 2.24. The smallest absolute Gasteiger partial charge is 0.317 e. The Hall–Kier alpha value is -1.75. The van der Waals surface area contributed by atoms with Crippen molar-refractivity contribution in [1.29, 1.82) is 0 Å². The fourth-order valence-electron chi connectivity index (χ4n) is 2.02. The van der Waals surface area contributed by atoms with Crippen molar-refractivity contribution in [2.45, 2.75) is 19.4 Å². The van der Waals surface area contributed by atoms with Crippen LogP contribution >= 0.6 is 0 Å². The summed E-state index contributed by atoms with van der Waals surface area (Å²) in [4.78, 5) is 13.7. The van der Waals surface area contributed by atoms with Crippen LogP contribution in [0.4, 0.5) is 4.79 Å².